The van der Waals surface area contributed by atoms with Crippen LogP contribution < -0.4 is 4.18 Å². The van der Waals surface area contributed by atoms with Crippen LogP contribution in [0.3, 0.4) is 0 Å². The zero-order valence-electron chi connectivity index (χ0n) is 11.1. The summed E-state index contributed by atoms with van der Waals surface area (Å²) in [5.41, 5.74) is -4.52. The number of benzene rings is 2. The summed E-state index contributed by atoms with van der Waals surface area (Å²) in [7, 11) is -5.72. The van der Waals surface area contributed by atoms with Gasteiger partial charge >= 0.3 is 15.6 Å². The highest BCUT2D eigenvalue weighted by molar-refractivity contribution is 7.88. The first-order valence-corrected chi connectivity index (χ1v) is 7.36. The Kier molecular flexibility index (Phi) is 4.28. The molecular weight excluding hydrogens is 339 g/mol. The van der Waals surface area contributed by atoms with Gasteiger partial charge in [0.05, 0.1) is 4.92 Å². The SMILES string of the molecule is O=[N+]([O-])c1ccc(-c2ccc(OS(=O)(=O)C(F)(F)F)cc2)cc1. The van der Waals surface area contributed by atoms with Gasteiger partial charge in [0.1, 0.15) is 5.75 Å². The van der Waals surface area contributed by atoms with Crippen molar-refractivity contribution >= 4 is 15.8 Å². The number of alkyl halides is 3. The second kappa shape index (κ2) is 5.88. The summed E-state index contributed by atoms with van der Waals surface area (Å²) in [6, 6.07) is 10.2. The maximum atomic E-state index is 12.2. The summed E-state index contributed by atoms with van der Waals surface area (Å²) in [6.07, 6.45) is 0. The summed E-state index contributed by atoms with van der Waals surface area (Å²) in [4.78, 5) is 9.98. The minimum atomic E-state index is -5.72. The van der Waals surface area contributed by atoms with Crippen LogP contribution in [0, 0.1) is 10.1 Å². The fourth-order valence-corrected chi connectivity index (χ4v) is 2.11. The molecular formula is C13H8F3NO5S. The number of rotatable bonds is 4. The molecule has 10 heteroatoms. The molecule has 0 aliphatic heterocycles. The smallest absolute Gasteiger partial charge is 0.376 e. The van der Waals surface area contributed by atoms with Gasteiger partial charge in [0.2, 0.25) is 0 Å². The van der Waals surface area contributed by atoms with E-state index in [0.717, 1.165) is 12.1 Å². The Hall–Kier alpha value is -2.62. The van der Waals surface area contributed by atoms with Crippen molar-refractivity contribution in [2.75, 3.05) is 0 Å². The molecule has 0 bridgehead atoms. The van der Waals surface area contributed by atoms with Crippen LogP contribution in [0.15, 0.2) is 48.5 Å². The summed E-state index contributed by atoms with van der Waals surface area (Å²) in [6.45, 7) is 0. The van der Waals surface area contributed by atoms with Crippen molar-refractivity contribution in [1.29, 1.82) is 0 Å². The lowest BCUT2D eigenvalue weighted by Crippen LogP contribution is -2.28. The van der Waals surface area contributed by atoms with E-state index in [1.807, 2.05) is 0 Å². The summed E-state index contributed by atoms with van der Waals surface area (Å²) < 4.78 is 62.3. The van der Waals surface area contributed by atoms with E-state index < -0.39 is 26.3 Å². The third kappa shape index (κ3) is 3.77. The zero-order valence-corrected chi connectivity index (χ0v) is 12.0. The molecule has 0 amide bonds. The molecule has 0 radical (unpaired) electrons. The predicted molar refractivity (Wildman–Crippen MR) is 74.1 cm³/mol. The van der Waals surface area contributed by atoms with E-state index in [0.29, 0.717) is 11.1 Å². The van der Waals surface area contributed by atoms with Gasteiger partial charge in [0.15, 0.2) is 0 Å². The molecule has 0 aromatic heterocycles. The van der Waals surface area contributed by atoms with Crippen molar-refractivity contribution < 1.29 is 30.7 Å². The number of nitro benzene ring substituents is 1. The number of nitrogens with zero attached hydrogens (tertiary/aromatic N) is 1. The second-order valence-corrected chi connectivity index (χ2v) is 5.85. The molecule has 2 rings (SSSR count). The van der Waals surface area contributed by atoms with Crippen LogP contribution in [0.2, 0.25) is 0 Å². The minimum absolute atomic E-state index is 0.107. The Morgan fingerprint density at radius 3 is 1.74 bits per heavy atom. The lowest BCUT2D eigenvalue weighted by Gasteiger charge is -2.09. The highest BCUT2D eigenvalue weighted by Crippen LogP contribution is 2.29. The molecule has 6 nitrogen and oxygen atoms in total. The van der Waals surface area contributed by atoms with Crippen LogP contribution in [-0.4, -0.2) is 18.8 Å². The topological polar surface area (TPSA) is 86.5 Å². The summed E-state index contributed by atoms with van der Waals surface area (Å²) in [5, 5.41) is 10.5. The van der Waals surface area contributed by atoms with Gasteiger partial charge in [-0.1, -0.05) is 12.1 Å². The van der Waals surface area contributed by atoms with Crippen LogP contribution in [-0.2, 0) is 10.1 Å². The molecule has 0 N–H and O–H groups in total. The molecule has 0 saturated heterocycles. The number of hydrogen-bond donors (Lipinski definition) is 0. The molecule has 0 spiro atoms. The maximum absolute atomic E-state index is 12.2. The highest BCUT2D eigenvalue weighted by atomic mass is 32.2. The standard InChI is InChI=1S/C13H8F3NO5S/c14-13(15,16)23(20,21)22-12-7-3-10(4-8-12)9-1-5-11(6-2-9)17(18)19/h1-8H. The van der Waals surface area contributed by atoms with Crippen LogP contribution in [0.5, 0.6) is 5.75 Å². The molecule has 0 heterocycles. The molecule has 2 aromatic rings. The predicted octanol–water partition coefficient (Wildman–Crippen LogP) is 3.49. The second-order valence-electron chi connectivity index (χ2n) is 4.31. The molecule has 0 aliphatic rings. The van der Waals surface area contributed by atoms with Crippen molar-refractivity contribution in [3.8, 4) is 16.9 Å². The van der Waals surface area contributed by atoms with Crippen molar-refractivity contribution in [3.63, 3.8) is 0 Å². The molecule has 2 aromatic carbocycles. The average molecular weight is 347 g/mol. The van der Waals surface area contributed by atoms with Crippen LogP contribution in [0.4, 0.5) is 18.9 Å². The van der Waals surface area contributed by atoms with Gasteiger partial charge in [-0.15, -0.1) is 0 Å². The molecule has 0 aliphatic carbocycles. The third-order valence-electron chi connectivity index (χ3n) is 2.76. The first-order chi connectivity index (χ1) is 10.6. The number of hydrogen-bond acceptors (Lipinski definition) is 5. The van der Waals surface area contributed by atoms with Gasteiger partial charge in [0.25, 0.3) is 5.69 Å². The Labute approximate surface area is 128 Å². The largest absolute Gasteiger partial charge is 0.534 e. The van der Waals surface area contributed by atoms with E-state index in [9.17, 15) is 31.7 Å². The molecule has 0 atom stereocenters. The molecule has 122 valence electrons. The van der Waals surface area contributed by atoms with Gasteiger partial charge in [-0.25, -0.2) is 0 Å². The monoisotopic (exact) mass is 347 g/mol. The van der Waals surface area contributed by atoms with Crippen molar-refractivity contribution in [2.45, 2.75) is 5.51 Å². The summed E-state index contributed by atoms with van der Waals surface area (Å²) in [5.74, 6) is -0.493. The Morgan fingerprint density at radius 2 is 1.35 bits per heavy atom. The fourth-order valence-electron chi connectivity index (χ4n) is 1.65. The number of halogens is 3. The Morgan fingerprint density at radius 1 is 0.913 bits per heavy atom. The van der Waals surface area contributed by atoms with E-state index in [1.165, 1.54) is 36.4 Å². The lowest BCUT2D eigenvalue weighted by molar-refractivity contribution is -0.384. The third-order valence-corrected chi connectivity index (χ3v) is 3.73. The van der Waals surface area contributed by atoms with Crippen molar-refractivity contribution in [2.24, 2.45) is 0 Å². The lowest BCUT2D eigenvalue weighted by atomic mass is 10.1. The van der Waals surface area contributed by atoms with E-state index in [4.69, 9.17) is 0 Å². The van der Waals surface area contributed by atoms with Gasteiger partial charge in [-0.3, -0.25) is 10.1 Å². The van der Waals surface area contributed by atoms with E-state index >= 15 is 0 Å². The van der Waals surface area contributed by atoms with Crippen LogP contribution in [0.1, 0.15) is 0 Å². The maximum Gasteiger partial charge on any atom is 0.534 e. The number of nitro groups is 1. The average Bonchev–Trinajstić information content (AvgIpc) is 2.46. The van der Waals surface area contributed by atoms with Crippen LogP contribution >= 0.6 is 0 Å². The molecule has 0 saturated carbocycles. The normalized spacial score (nSPS) is 12.0. The van der Waals surface area contributed by atoms with E-state index in [-0.39, 0.29) is 5.69 Å². The summed E-state index contributed by atoms with van der Waals surface area (Å²) >= 11 is 0. The van der Waals surface area contributed by atoms with Gasteiger partial charge in [0, 0.05) is 12.1 Å². The van der Waals surface area contributed by atoms with Crippen molar-refractivity contribution in [3.05, 3.63) is 58.6 Å². The van der Waals surface area contributed by atoms with Crippen molar-refractivity contribution in [1.82, 2.24) is 0 Å². The zero-order chi connectivity index (χ0) is 17.3. The first kappa shape index (κ1) is 16.7. The van der Waals surface area contributed by atoms with Gasteiger partial charge in [-0.2, -0.15) is 21.6 Å². The number of non-ortho nitro benzene ring substituents is 1. The fraction of sp³-hybridized carbons (Fsp3) is 0.0769. The van der Waals surface area contributed by atoms with Gasteiger partial charge < -0.3 is 4.18 Å². The highest BCUT2D eigenvalue weighted by Gasteiger charge is 2.48. The van der Waals surface area contributed by atoms with E-state index in [2.05, 4.69) is 4.18 Å². The molecule has 0 unspecified atom stereocenters. The molecule has 23 heavy (non-hydrogen) atoms. The first-order valence-electron chi connectivity index (χ1n) is 5.96. The molecule has 0 fully saturated rings. The Bertz CT molecular complexity index is 814. The van der Waals surface area contributed by atoms with Crippen LogP contribution in [0.25, 0.3) is 11.1 Å². The van der Waals surface area contributed by atoms with E-state index in [1.54, 1.807) is 0 Å². The van der Waals surface area contributed by atoms with Gasteiger partial charge in [-0.05, 0) is 35.4 Å². The Balaban J connectivity index is 2.21. The quantitative estimate of drug-likeness (QED) is 0.366. The minimum Gasteiger partial charge on any atom is -0.376 e.